The molecule has 2 atom stereocenters. The average Bonchev–Trinajstić information content (AvgIpc) is 3.01. The van der Waals surface area contributed by atoms with Gasteiger partial charge >= 0.3 is 0 Å². The first-order valence-corrected chi connectivity index (χ1v) is 16.3. The highest BCUT2D eigenvalue weighted by molar-refractivity contribution is 5.85. The molecular weight excluding hydrogens is 559 g/mol. The van der Waals surface area contributed by atoms with Crippen LogP contribution in [-0.4, -0.2) is 32.2 Å². The number of nitrogens with zero attached hydrogens (tertiary/aromatic N) is 2. The fourth-order valence-corrected chi connectivity index (χ4v) is 6.48. The van der Waals surface area contributed by atoms with Gasteiger partial charge in [-0.1, -0.05) is 95.9 Å². The summed E-state index contributed by atoms with van der Waals surface area (Å²) in [5.74, 6) is 1.56. The Morgan fingerprint density at radius 2 is 1.49 bits per heavy atom. The molecule has 0 N–H and O–H groups in total. The van der Waals surface area contributed by atoms with E-state index in [2.05, 4.69) is 24.5 Å². The van der Waals surface area contributed by atoms with Crippen molar-refractivity contribution in [3.63, 3.8) is 0 Å². The molecule has 0 radical (unpaired) electrons. The molecule has 1 saturated heterocycles. The van der Waals surface area contributed by atoms with Gasteiger partial charge in [-0.2, -0.15) is 5.26 Å². The summed E-state index contributed by atoms with van der Waals surface area (Å²) in [6, 6.07) is 15.7. The number of piperidine rings is 1. The van der Waals surface area contributed by atoms with Crippen molar-refractivity contribution in [2.45, 2.75) is 115 Å². The predicted molar refractivity (Wildman–Crippen MR) is 179 cm³/mol. The van der Waals surface area contributed by atoms with Gasteiger partial charge in [0.25, 0.3) is 0 Å². The van der Waals surface area contributed by atoms with Gasteiger partial charge in [0.15, 0.2) is 11.5 Å². The van der Waals surface area contributed by atoms with E-state index in [1.165, 1.54) is 63.4 Å². The zero-order valence-electron chi connectivity index (χ0n) is 26.8. The summed E-state index contributed by atoms with van der Waals surface area (Å²) in [7, 11) is 3.30. The average molecular weight is 613 g/mol. The minimum absolute atomic E-state index is 0. The number of unbranched alkanes of at least 4 members (excludes halogenated alkanes) is 9. The van der Waals surface area contributed by atoms with E-state index in [1.807, 2.05) is 30.3 Å². The molecule has 0 bridgehead atoms. The van der Waals surface area contributed by atoms with Crippen LogP contribution in [0.4, 0.5) is 4.39 Å². The van der Waals surface area contributed by atoms with Crippen LogP contribution in [-0.2, 0) is 5.41 Å². The Hall–Kier alpha value is -2.71. The van der Waals surface area contributed by atoms with Crippen LogP contribution in [0.1, 0.15) is 120 Å². The van der Waals surface area contributed by atoms with E-state index < -0.39 is 5.41 Å². The van der Waals surface area contributed by atoms with Gasteiger partial charge in [-0.3, -0.25) is 0 Å². The summed E-state index contributed by atoms with van der Waals surface area (Å²) in [5.41, 5.74) is 2.78. The second kappa shape index (κ2) is 19.5. The Labute approximate surface area is 267 Å². The highest BCUT2D eigenvalue weighted by Gasteiger charge is 2.33. The number of allylic oxidation sites excluding steroid dienone is 1. The fourth-order valence-electron chi connectivity index (χ4n) is 6.48. The smallest absolute Gasteiger partial charge is 0.161 e. The first-order valence-electron chi connectivity index (χ1n) is 16.3. The highest BCUT2D eigenvalue weighted by Crippen LogP contribution is 2.40. The molecule has 0 saturated carbocycles. The molecule has 0 aliphatic carbocycles. The SMILES string of the molecule is C=C1CC(c2ccc(F)cc2)CCN1CCCC(C#N)(CCCCCCCCCCCC)c1ccc(OC)c(OC)c1.Cl. The number of rotatable bonds is 19. The van der Waals surface area contributed by atoms with Gasteiger partial charge < -0.3 is 14.4 Å². The maximum absolute atomic E-state index is 13.4. The van der Waals surface area contributed by atoms with E-state index in [4.69, 9.17) is 9.47 Å². The van der Waals surface area contributed by atoms with Gasteiger partial charge in [-0.05, 0) is 73.4 Å². The number of nitriles is 1. The molecule has 0 spiro atoms. The van der Waals surface area contributed by atoms with Crippen molar-refractivity contribution >= 4 is 12.4 Å². The van der Waals surface area contributed by atoms with Crippen LogP contribution in [0, 0.1) is 17.1 Å². The van der Waals surface area contributed by atoms with E-state index in [1.54, 1.807) is 26.4 Å². The van der Waals surface area contributed by atoms with Crippen LogP contribution in [0.15, 0.2) is 54.7 Å². The van der Waals surface area contributed by atoms with Crippen molar-refractivity contribution in [2.24, 2.45) is 0 Å². The Morgan fingerprint density at radius 1 is 0.884 bits per heavy atom. The van der Waals surface area contributed by atoms with Crippen LogP contribution in [0.5, 0.6) is 11.5 Å². The maximum atomic E-state index is 13.4. The molecule has 2 aromatic rings. The second-order valence-corrected chi connectivity index (χ2v) is 12.1. The molecule has 4 nitrogen and oxygen atoms in total. The molecule has 2 aromatic carbocycles. The first kappa shape index (κ1) is 36.5. The van der Waals surface area contributed by atoms with Crippen molar-refractivity contribution in [1.82, 2.24) is 4.90 Å². The van der Waals surface area contributed by atoms with E-state index >= 15 is 0 Å². The largest absolute Gasteiger partial charge is 0.493 e. The topological polar surface area (TPSA) is 45.5 Å². The van der Waals surface area contributed by atoms with Gasteiger partial charge in [0.1, 0.15) is 5.82 Å². The van der Waals surface area contributed by atoms with Crippen molar-refractivity contribution < 1.29 is 13.9 Å². The third-order valence-corrected chi connectivity index (χ3v) is 9.16. The molecule has 1 fully saturated rings. The molecule has 1 aliphatic rings. The number of benzene rings is 2. The summed E-state index contributed by atoms with van der Waals surface area (Å²) in [4.78, 5) is 2.39. The molecule has 1 aliphatic heterocycles. The molecule has 0 amide bonds. The van der Waals surface area contributed by atoms with Crippen LogP contribution in [0.2, 0.25) is 0 Å². The number of ether oxygens (including phenoxy) is 2. The lowest BCUT2D eigenvalue weighted by molar-refractivity contribution is 0.260. The molecule has 43 heavy (non-hydrogen) atoms. The number of halogens is 2. The number of hydrogen-bond donors (Lipinski definition) is 0. The molecule has 1 heterocycles. The monoisotopic (exact) mass is 612 g/mol. The minimum Gasteiger partial charge on any atom is -0.493 e. The van der Waals surface area contributed by atoms with Gasteiger partial charge in [0.05, 0.1) is 25.7 Å². The van der Waals surface area contributed by atoms with Gasteiger partial charge in [0, 0.05) is 18.8 Å². The van der Waals surface area contributed by atoms with Crippen LogP contribution in [0.3, 0.4) is 0 Å². The summed E-state index contributed by atoms with van der Waals surface area (Å²) in [5, 5.41) is 10.7. The quantitative estimate of drug-likeness (QED) is 0.148. The van der Waals surface area contributed by atoms with Crippen molar-refractivity contribution in [3.05, 3.63) is 71.7 Å². The lowest BCUT2D eigenvalue weighted by atomic mass is 9.73. The Bertz CT molecular complexity index is 1130. The first-order chi connectivity index (χ1) is 20.5. The third-order valence-electron chi connectivity index (χ3n) is 9.16. The van der Waals surface area contributed by atoms with Crippen LogP contribution in [0.25, 0.3) is 0 Å². The minimum atomic E-state index is -0.562. The Kier molecular flexibility index (Phi) is 16.6. The second-order valence-electron chi connectivity index (χ2n) is 12.1. The molecule has 2 unspecified atom stereocenters. The standard InChI is InChI=1S/C37H53FN2O2.ClH/c1-5-6-7-8-9-10-11-12-13-14-23-37(29-39,33-18-21-35(41-3)36(28-33)42-4)24-15-25-40-26-22-32(27-30(40)2)31-16-19-34(38)20-17-31;/h16-21,28,32H,2,5-15,22-27H2,1,3-4H3;1H. The van der Waals surface area contributed by atoms with E-state index in [9.17, 15) is 9.65 Å². The van der Waals surface area contributed by atoms with Gasteiger partial charge in [0.2, 0.25) is 0 Å². The lowest BCUT2D eigenvalue weighted by Crippen LogP contribution is -2.33. The zero-order valence-corrected chi connectivity index (χ0v) is 27.7. The van der Waals surface area contributed by atoms with Gasteiger partial charge in [-0.25, -0.2) is 4.39 Å². The number of hydrogen-bond acceptors (Lipinski definition) is 4. The summed E-state index contributed by atoms with van der Waals surface area (Å²) in [6.07, 6.45) is 17.3. The zero-order chi connectivity index (χ0) is 30.2. The molecular formula is C37H54ClFN2O2. The predicted octanol–water partition coefficient (Wildman–Crippen LogP) is 10.5. The van der Waals surface area contributed by atoms with E-state index in [0.717, 1.165) is 62.9 Å². The summed E-state index contributed by atoms with van der Waals surface area (Å²) in [6.45, 7) is 8.48. The lowest BCUT2D eigenvalue weighted by Gasteiger charge is -2.36. The van der Waals surface area contributed by atoms with E-state index in [0.29, 0.717) is 17.4 Å². The Balaban J connectivity index is 0.00000645. The fraction of sp³-hybridized carbons (Fsp3) is 0.595. The van der Waals surface area contributed by atoms with Crippen molar-refractivity contribution in [2.75, 3.05) is 27.3 Å². The molecule has 3 rings (SSSR count). The van der Waals surface area contributed by atoms with Crippen LogP contribution >= 0.6 is 12.4 Å². The Morgan fingerprint density at radius 3 is 2.07 bits per heavy atom. The summed E-state index contributed by atoms with van der Waals surface area (Å²) < 4.78 is 24.5. The van der Waals surface area contributed by atoms with Gasteiger partial charge in [-0.15, -0.1) is 12.4 Å². The number of likely N-dealkylation sites (tertiary alicyclic amines) is 1. The van der Waals surface area contributed by atoms with Crippen molar-refractivity contribution in [3.8, 4) is 17.6 Å². The normalized spacial score (nSPS) is 16.2. The number of methoxy groups -OCH3 is 2. The van der Waals surface area contributed by atoms with Crippen LogP contribution < -0.4 is 9.47 Å². The van der Waals surface area contributed by atoms with E-state index in [-0.39, 0.29) is 18.2 Å². The molecule has 0 aromatic heterocycles. The third kappa shape index (κ3) is 11.1. The molecule has 238 valence electrons. The summed E-state index contributed by atoms with van der Waals surface area (Å²) >= 11 is 0. The van der Waals surface area contributed by atoms with Crippen molar-refractivity contribution in [1.29, 1.82) is 5.26 Å². The highest BCUT2D eigenvalue weighted by atomic mass is 35.5. The maximum Gasteiger partial charge on any atom is 0.161 e. The molecule has 6 heteroatoms.